The van der Waals surface area contributed by atoms with Crippen LogP contribution in [0.2, 0.25) is 5.02 Å². The van der Waals surface area contributed by atoms with Gasteiger partial charge < -0.3 is 9.84 Å². The summed E-state index contributed by atoms with van der Waals surface area (Å²) in [4.78, 5) is 0. The molecule has 4 heteroatoms. The molecule has 1 saturated carbocycles. The quantitative estimate of drug-likeness (QED) is 0.893. The molecule has 0 amide bonds. The third-order valence-corrected chi connectivity index (χ3v) is 4.87. The number of hydrogen-bond acceptors (Lipinski definition) is 2. The van der Waals surface area contributed by atoms with E-state index in [1.165, 1.54) is 12.5 Å². The first kappa shape index (κ1) is 13.3. The van der Waals surface area contributed by atoms with Crippen molar-refractivity contribution in [1.29, 1.82) is 0 Å². The van der Waals surface area contributed by atoms with Crippen LogP contribution in [0.1, 0.15) is 43.8 Å². The highest BCUT2D eigenvalue weighted by molar-refractivity contribution is 6.31. The molecule has 3 rings (SSSR count). The van der Waals surface area contributed by atoms with Crippen LogP contribution in [0.25, 0.3) is 0 Å². The fourth-order valence-corrected chi connectivity index (χ4v) is 3.56. The fourth-order valence-electron chi connectivity index (χ4n) is 3.28. The van der Waals surface area contributed by atoms with Gasteiger partial charge in [0.2, 0.25) is 0 Å². The average Bonchev–Trinajstić information content (AvgIpc) is 2.37. The van der Waals surface area contributed by atoms with Gasteiger partial charge in [-0.15, -0.1) is 0 Å². The van der Waals surface area contributed by atoms with E-state index in [2.05, 4.69) is 0 Å². The van der Waals surface area contributed by atoms with Crippen LogP contribution < -0.4 is 0 Å². The molecule has 1 heterocycles. The van der Waals surface area contributed by atoms with Crippen molar-refractivity contribution in [2.75, 3.05) is 6.61 Å². The minimum Gasteiger partial charge on any atom is -0.388 e. The number of hydrogen-bond donors (Lipinski definition) is 1. The lowest BCUT2D eigenvalue weighted by molar-refractivity contribution is -0.157. The van der Waals surface area contributed by atoms with Gasteiger partial charge in [-0.05, 0) is 50.2 Å². The second-order valence-corrected chi connectivity index (χ2v) is 6.13. The van der Waals surface area contributed by atoms with Crippen LogP contribution in [0.15, 0.2) is 18.2 Å². The second-order valence-electron chi connectivity index (χ2n) is 5.72. The summed E-state index contributed by atoms with van der Waals surface area (Å²) < 4.78 is 19.7. The van der Waals surface area contributed by atoms with E-state index in [1.807, 2.05) is 0 Å². The Morgan fingerprint density at radius 1 is 1.42 bits per heavy atom. The highest BCUT2D eigenvalue weighted by Gasteiger charge is 2.44. The molecular formula is C15H18ClFO2. The largest absolute Gasteiger partial charge is 0.388 e. The highest BCUT2D eigenvalue weighted by Crippen LogP contribution is 2.47. The maximum absolute atomic E-state index is 13.9. The smallest absolute Gasteiger partial charge is 0.130 e. The van der Waals surface area contributed by atoms with E-state index in [1.54, 1.807) is 12.1 Å². The van der Waals surface area contributed by atoms with E-state index in [0.29, 0.717) is 11.6 Å². The molecular weight excluding hydrogens is 267 g/mol. The number of aliphatic hydroxyl groups excluding tert-OH is 1. The molecule has 1 saturated heterocycles. The van der Waals surface area contributed by atoms with Crippen molar-refractivity contribution in [3.05, 3.63) is 34.6 Å². The Balaban J connectivity index is 1.81. The highest BCUT2D eigenvalue weighted by atomic mass is 35.5. The Morgan fingerprint density at radius 3 is 2.84 bits per heavy atom. The third kappa shape index (κ3) is 2.39. The number of benzene rings is 1. The molecule has 1 spiro atoms. The standard InChI is InChI=1S/C15H18ClFO2/c16-11-3-1-4-12(17)13(11)14(18)10-5-8-19-15(9-10)6-2-7-15/h1,3-4,10,14,18H,2,5-9H2. The SMILES string of the molecule is OC(c1c(F)cccc1Cl)C1CCOC2(CCC2)C1. The lowest BCUT2D eigenvalue weighted by Crippen LogP contribution is -2.46. The molecule has 1 aliphatic carbocycles. The molecule has 2 aliphatic rings. The van der Waals surface area contributed by atoms with Crippen LogP contribution in [0.4, 0.5) is 4.39 Å². The van der Waals surface area contributed by atoms with E-state index in [-0.39, 0.29) is 17.1 Å². The van der Waals surface area contributed by atoms with Crippen LogP contribution in [-0.2, 0) is 4.74 Å². The summed E-state index contributed by atoms with van der Waals surface area (Å²) in [6.45, 7) is 0.647. The van der Waals surface area contributed by atoms with E-state index < -0.39 is 11.9 Å². The Labute approximate surface area is 117 Å². The van der Waals surface area contributed by atoms with Gasteiger partial charge in [0.25, 0.3) is 0 Å². The Kier molecular flexibility index (Phi) is 3.54. The summed E-state index contributed by atoms with van der Waals surface area (Å²) in [5.41, 5.74) is 0.187. The summed E-state index contributed by atoms with van der Waals surface area (Å²) in [6, 6.07) is 4.54. The Bertz CT molecular complexity index is 453. The first-order chi connectivity index (χ1) is 9.11. The predicted molar refractivity (Wildman–Crippen MR) is 71.6 cm³/mol. The number of ether oxygens (including phenoxy) is 1. The lowest BCUT2D eigenvalue weighted by atomic mass is 9.70. The summed E-state index contributed by atoms with van der Waals surface area (Å²) in [6.07, 6.45) is 4.02. The molecule has 1 N–H and O–H groups in total. The lowest BCUT2D eigenvalue weighted by Gasteiger charge is -2.48. The Hall–Kier alpha value is -0.640. The van der Waals surface area contributed by atoms with Crippen LogP contribution in [-0.4, -0.2) is 17.3 Å². The molecule has 0 aromatic heterocycles. The molecule has 19 heavy (non-hydrogen) atoms. The molecule has 0 radical (unpaired) electrons. The number of halogens is 2. The molecule has 0 bridgehead atoms. The van der Waals surface area contributed by atoms with Crippen LogP contribution in [0, 0.1) is 11.7 Å². The predicted octanol–water partition coefficient (Wildman–Crippen LogP) is 3.86. The van der Waals surface area contributed by atoms with Crippen molar-refractivity contribution in [2.24, 2.45) is 5.92 Å². The minimum atomic E-state index is -0.838. The molecule has 2 nitrogen and oxygen atoms in total. The number of rotatable bonds is 2. The van der Waals surface area contributed by atoms with Crippen molar-refractivity contribution in [1.82, 2.24) is 0 Å². The molecule has 2 fully saturated rings. The van der Waals surface area contributed by atoms with Gasteiger partial charge in [0.05, 0.1) is 11.7 Å². The molecule has 1 aromatic rings. The van der Waals surface area contributed by atoms with E-state index in [9.17, 15) is 9.50 Å². The van der Waals surface area contributed by atoms with E-state index in [4.69, 9.17) is 16.3 Å². The van der Waals surface area contributed by atoms with Crippen LogP contribution in [0.5, 0.6) is 0 Å². The van der Waals surface area contributed by atoms with Crippen molar-refractivity contribution in [3.63, 3.8) is 0 Å². The zero-order valence-electron chi connectivity index (χ0n) is 10.7. The molecule has 1 aliphatic heterocycles. The van der Waals surface area contributed by atoms with Crippen molar-refractivity contribution < 1.29 is 14.2 Å². The molecule has 2 unspecified atom stereocenters. The van der Waals surface area contributed by atoms with Gasteiger partial charge in [-0.1, -0.05) is 17.7 Å². The second kappa shape index (κ2) is 5.04. The van der Waals surface area contributed by atoms with Crippen LogP contribution >= 0.6 is 11.6 Å². The normalized spacial score (nSPS) is 27.0. The summed E-state index contributed by atoms with van der Waals surface area (Å²) in [5, 5.41) is 10.8. The van der Waals surface area contributed by atoms with E-state index >= 15 is 0 Å². The third-order valence-electron chi connectivity index (χ3n) is 4.54. The minimum absolute atomic E-state index is 0.0310. The van der Waals surface area contributed by atoms with Gasteiger partial charge in [-0.3, -0.25) is 0 Å². The average molecular weight is 285 g/mol. The van der Waals surface area contributed by atoms with Crippen molar-refractivity contribution in [2.45, 2.75) is 43.8 Å². The Morgan fingerprint density at radius 2 is 2.21 bits per heavy atom. The first-order valence-electron chi connectivity index (χ1n) is 6.87. The summed E-state index contributed by atoms with van der Waals surface area (Å²) in [7, 11) is 0. The summed E-state index contributed by atoms with van der Waals surface area (Å²) >= 11 is 6.03. The van der Waals surface area contributed by atoms with Crippen LogP contribution in [0.3, 0.4) is 0 Å². The van der Waals surface area contributed by atoms with E-state index in [0.717, 1.165) is 25.7 Å². The fraction of sp³-hybridized carbons (Fsp3) is 0.600. The number of aliphatic hydroxyl groups is 1. The molecule has 1 aromatic carbocycles. The zero-order chi connectivity index (χ0) is 13.5. The van der Waals surface area contributed by atoms with Gasteiger partial charge in [0.1, 0.15) is 5.82 Å². The van der Waals surface area contributed by atoms with Gasteiger partial charge >= 0.3 is 0 Å². The van der Waals surface area contributed by atoms with Gasteiger partial charge in [0, 0.05) is 17.2 Å². The molecule has 104 valence electrons. The zero-order valence-corrected chi connectivity index (χ0v) is 11.5. The topological polar surface area (TPSA) is 29.5 Å². The van der Waals surface area contributed by atoms with Gasteiger partial charge in [-0.25, -0.2) is 4.39 Å². The van der Waals surface area contributed by atoms with Crippen molar-refractivity contribution in [3.8, 4) is 0 Å². The summed E-state index contributed by atoms with van der Waals surface area (Å²) in [5.74, 6) is -0.391. The van der Waals surface area contributed by atoms with Crippen molar-refractivity contribution >= 4 is 11.6 Å². The van der Waals surface area contributed by atoms with Gasteiger partial charge in [0.15, 0.2) is 0 Å². The molecule has 2 atom stereocenters. The monoisotopic (exact) mass is 284 g/mol. The van der Waals surface area contributed by atoms with Gasteiger partial charge in [-0.2, -0.15) is 0 Å². The maximum atomic E-state index is 13.9. The maximum Gasteiger partial charge on any atom is 0.130 e. The first-order valence-corrected chi connectivity index (χ1v) is 7.25.